The third-order valence-corrected chi connectivity index (χ3v) is 2.76. The summed E-state index contributed by atoms with van der Waals surface area (Å²) in [5.74, 6) is -1.44. The van der Waals surface area contributed by atoms with Gasteiger partial charge in [-0.15, -0.1) is 0 Å². The minimum atomic E-state index is -1.06. The van der Waals surface area contributed by atoms with E-state index in [0.717, 1.165) is 0 Å². The topological polar surface area (TPSA) is 78.8 Å². The van der Waals surface area contributed by atoms with Crippen LogP contribution in [0, 0.1) is 0 Å². The number of carboxylic acid groups (broad SMARTS) is 1. The maximum absolute atomic E-state index is 11.0. The largest absolute Gasteiger partial charge is 0.480 e. The van der Waals surface area contributed by atoms with E-state index >= 15 is 0 Å². The van der Waals surface area contributed by atoms with Crippen LogP contribution in [-0.4, -0.2) is 47.3 Å². The predicted octanol–water partition coefficient (Wildman–Crippen LogP) is 0.400. The number of hydrogen-bond donors (Lipinski definition) is 2. The number of carbonyl (C=O) groups is 2. The van der Waals surface area contributed by atoms with Crippen LogP contribution in [0.15, 0.2) is 4.99 Å². The number of nitrogens with one attached hydrogen (secondary N) is 1. The second-order valence-electron chi connectivity index (χ2n) is 3.45. The number of aliphatic carboxylic acids is 1. The van der Waals surface area contributed by atoms with Crippen molar-refractivity contribution >= 4 is 29.9 Å². The molecule has 0 heterocycles. The van der Waals surface area contributed by atoms with Crippen LogP contribution in [0.2, 0.25) is 0 Å². The molecular formula is C9H16N2O3S. The van der Waals surface area contributed by atoms with Crippen molar-refractivity contribution in [3.63, 3.8) is 0 Å². The van der Waals surface area contributed by atoms with Crippen LogP contribution < -0.4 is 5.32 Å². The van der Waals surface area contributed by atoms with Crippen LogP contribution in [-0.2, 0) is 9.59 Å². The third kappa shape index (κ3) is 7.99. The number of rotatable bonds is 6. The molecule has 0 aromatic carbocycles. The van der Waals surface area contributed by atoms with Gasteiger partial charge in [-0.3, -0.25) is 14.6 Å². The van der Waals surface area contributed by atoms with Gasteiger partial charge >= 0.3 is 5.97 Å². The van der Waals surface area contributed by atoms with Gasteiger partial charge in [-0.1, -0.05) is 0 Å². The average molecular weight is 232 g/mol. The smallest absolute Gasteiger partial charge is 0.322 e. The summed E-state index contributed by atoms with van der Waals surface area (Å²) in [6.45, 7) is 3.57. The molecule has 0 radical (unpaired) electrons. The molecule has 0 fully saturated rings. The highest BCUT2D eigenvalue weighted by Gasteiger charge is 2.11. The van der Waals surface area contributed by atoms with Crippen LogP contribution in [0.5, 0.6) is 0 Å². The van der Waals surface area contributed by atoms with Crippen LogP contribution in [0.1, 0.15) is 13.8 Å². The van der Waals surface area contributed by atoms with Gasteiger partial charge in [0.05, 0.1) is 0 Å². The fraction of sp³-hybridized carbons (Fsp3) is 0.667. The lowest BCUT2D eigenvalue weighted by atomic mass is 10.2. The Balaban J connectivity index is 3.85. The van der Waals surface area contributed by atoms with Crippen molar-refractivity contribution in [3.05, 3.63) is 0 Å². The Hall–Kier alpha value is -1.04. The predicted molar refractivity (Wildman–Crippen MR) is 61.6 cm³/mol. The van der Waals surface area contributed by atoms with Gasteiger partial charge < -0.3 is 10.4 Å². The average Bonchev–Trinajstić information content (AvgIpc) is 2.14. The van der Waals surface area contributed by atoms with Crippen molar-refractivity contribution in [2.45, 2.75) is 18.6 Å². The molecule has 0 aliphatic carbocycles. The second kappa shape index (κ2) is 6.44. The molecule has 1 amide bonds. The summed E-state index contributed by atoms with van der Waals surface area (Å²) < 4.78 is -0.104. The zero-order chi connectivity index (χ0) is 11.9. The summed E-state index contributed by atoms with van der Waals surface area (Å²) in [5, 5.41) is 10.5. The molecule has 0 atom stereocenters. The van der Waals surface area contributed by atoms with E-state index in [1.807, 2.05) is 20.1 Å². The molecule has 0 rings (SSSR count). The highest BCUT2D eigenvalue weighted by molar-refractivity contribution is 8.00. The molecule has 0 aliphatic heterocycles. The molecule has 6 heteroatoms. The quantitative estimate of drug-likeness (QED) is 0.650. The van der Waals surface area contributed by atoms with Crippen molar-refractivity contribution in [2.75, 3.05) is 19.3 Å². The van der Waals surface area contributed by atoms with Gasteiger partial charge in [0.15, 0.2) is 0 Å². The number of carbonyl (C=O) groups excluding carboxylic acids is 1. The van der Waals surface area contributed by atoms with Gasteiger partial charge in [-0.25, -0.2) is 0 Å². The highest BCUT2D eigenvalue weighted by atomic mass is 32.2. The Morgan fingerprint density at radius 3 is 2.60 bits per heavy atom. The maximum Gasteiger partial charge on any atom is 0.322 e. The normalized spacial score (nSPS) is 11.7. The number of nitrogens with zero attached hydrogens (tertiary/aromatic N) is 1. The summed E-state index contributed by atoms with van der Waals surface area (Å²) in [5.41, 5.74) is 0. The molecule has 5 nitrogen and oxygen atoms in total. The summed E-state index contributed by atoms with van der Waals surface area (Å²) in [4.78, 5) is 25.1. The molecule has 0 aromatic rings. The zero-order valence-corrected chi connectivity index (χ0v) is 9.93. The maximum atomic E-state index is 11.0. The Labute approximate surface area is 93.3 Å². The Morgan fingerprint density at radius 1 is 1.53 bits per heavy atom. The first kappa shape index (κ1) is 14.0. The van der Waals surface area contributed by atoms with Crippen LogP contribution in [0.3, 0.4) is 0 Å². The Bertz CT molecular complexity index is 264. The molecule has 2 N–H and O–H groups in total. The lowest BCUT2D eigenvalue weighted by Crippen LogP contribution is -2.31. The SMILES string of the molecule is CSC(C)(C)C=NCC(=O)NCC(=O)O. The summed E-state index contributed by atoms with van der Waals surface area (Å²) in [7, 11) is 0. The standard InChI is InChI=1S/C9H16N2O3S/c1-9(2,15-3)6-10-4-7(12)11-5-8(13)14/h6H,4-5H2,1-3H3,(H,11,12)(H,13,14). The van der Waals surface area contributed by atoms with Crippen molar-refractivity contribution in [1.29, 1.82) is 0 Å². The Morgan fingerprint density at radius 2 is 2.13 bits per heavy atom. The molecule has 0 aliphatic rings. The van der Waals surface area contributed by atoms with E-state index in [1.165, 1.54) is 0 Å². The molecule has 86 valence electrons. The molecule has 0 unspecified atom stereocenters. The molecule has 0 saturated carbocycles. The molecule has 0 bridgehead atoms. The zero-order valence-electron chi connectivity index (χ0n) is 9.11. The molecule has 15 heavy (non-hydrogen) atoms. The third-order valence-electron chi connectivity index (χ3n) is 1.60. The second-order valence-corrected chi connectivity index (χ2v) is 4.91. The summed E-state index contributed by atoms with van der Waals surface area (Å²) in [6.07, 6.45) is 3.65. The van der Waals surface area contributed by atoms with E-state index in [0.29, 0.717) is 0 Å². The number of hydrogen-bond acceptors (Lipinski definition) is 4. The minimum Gasteiger partial charge on any atom is -0.480 e. The lowest BCUT2D eigenvalue weighted by molar-refractivity contribution is -0.137. The van der Waals surface area contributed by atoms with Crippen molar-refractivity contribution < 1.29 is 14.7 Å². The van der Waals surface area contributed by atoms with E-state index in [9.17, 15) is 9.59 Å². The van der Waals surface area contributed by atoms with E-state index in [4.69, 9.17) is 5.11 Å². The first-order valence-electron chi connectivity index (χ1n) is 4.42. The number of amides is 1. The molecule has 0 spiro atoms. The van der Waals surface area contributed by atoms with Crippen molar-refractivity contribution in [2.24, 2.45) is 4.99 Å². The first-order valence-corrected chi connectivity index (χ1v) is 5.64. The number of aliphatic imine (C=N–C) groups is 1. The fourth-order valence-electron chi connectivity index (χ4n) is 0.631. The van der Waals surface area contributed by atoms with E-state index in [2.05, 4.69) is 10.3 Å². The Kier molecular flexibility index (Phi) is 6.00. The number of thioether (sulfide) groups is 1. The molecular weight excluding hydrogens is 216 g/mol. The van der Waals surface area contributed by atoms with Gasteiger partial charge in [-0.05, 0) is 20.1 Å². The van der Waals surface area contributed by atoms with Crippen LogP contribution in [0.4, 0.5) is 0 Å². The lowest BCUT2D eigenvalue weighted by Gasteiger charge is -2.14. The van der Waals surface area contributed by atoms with Gasteiger partial charge in [0, 0.05) is 11.0 Å². The van der Waals surface area contributed by atoms with Crippen LogP contribution in [0.25, 0.3) is 0 Å². The minimum absolute atomic E-state index is 0.0305. The first-order chi connectivity index (χ1) is 6.87. The summed E-state index contributed by atoms with van der Waals surface area (Å²) >= 11 is 1.62. The fourth-order valence-corrected chi connectivity index (χ4v) is 0.811. The van der Waals surface area contributed by atoms with E-state index < -0.39 is 5.97 Å². The molecule has 0 aromatic heterocycles. The van der Waals surface area contributed by atoms with Crippen LogP contribution >= 0.6 is 11.8 Å². The molecule has 0 saturated heterocycles. The summed E-state index contributed by atoms with van der Waals surface area (Å²) in [6, 6.07) is 0. The van der Waals surface area contributed by atoms with Gasteiger partial charge in [0.2, 0.25) is 5.91 Å². The van der Waals surface area contributed by atoms with Crippen molar-refractivity contribution in [1.82, 2.24) is 5.32 Å². The number of carboxylic acids is 1. The van der Waals surface area contributed by atoms with Gasteiger partial charge in [0.1, 0.15) is 13.1 Å². The highest BCUT2D eigenvalue weighted by Crippen LogP contribution is 2.17. The van der Waals surface area contributed by atoms with E-state index in [1.54, 1.807) is 18.0 Å². The monoisotopic (exact) mass is 232 g/mol. The van der Waals surface area contributed by atoms with Gasteiger partial charge in [-0.2, -0.15) is 11.8 Å². The van der Waals surface area contributed by atoms with Crippen molar-refractivity contribution in [3.8, 4) is 0 Å². The van der Waals surface area contributed by atoms with Gasteiger partial charge in [0.25, 0.3) is 0 Å². The van der Waals surface area contributed by atoms with E-state index in [-0.39, 0.29) is 23.7 Å².